The summed E-state index contributed by atoms with van der Waals surface area (Å²) in [6.45, 7) is 7.36. The van der Waals surface area contributed by atoms with E-state index >= 15 is 0 Å². The van der Waals surface area contributed by atoms with Crippen molar-refractivity contribution in [1.82, 2.24) is 9.97 Å². The zero-order valence-electron chi connectivity index (χ0n) is 15.3. The predicted octanol–water partition coefficient (Wildman–Crippen LogP) is 0.247. The third-order valence-corrected chi connectivity index (χ3v) is 4.87. The number of H-pyrrole nitrogens is 1. The SMILES string of the molecule is C=C[C@](C)(O)C[NH+]1CCc2nc(Cc3ccc(OC)cc3)[nH]c(=O)c2C1. The van der Waals surface area contributed by atoms with Gasteiger partial charge in [-0.25, -0.2) is 4.98 Å². The minimum absolute atomic E-state index is 0.0750. The van der Waals surface area contributed by atoms with Gasteiger partial charge in [0.15, 0.2) is 0 Å². The Hall–Kier alpha value is -2.44. The van der Waals surface area contributed by atoms with Crippen LogP contribution < -0.4 is 15.2 Å². The van der Waals surface area contributed by atoms with E-state index in [9.17, 15) is 9.90 Å². The summed E-state index contributed by atoms with van der Waals surface area (Å²) >= 11 is 0. The number of nitrogens with one attached hydrogen (secondary N) is 2. The maximum Gasteiger partial charge on any atom is 0.260 e. The summed E-state index contributed by atoms with van der Waals surface area (Å²) in [5.41, 5.74) is 1.67. The van der Waals surface area contributed by atoms with Gasteiger partial charge in [-0.05, 0) is 24.6 Å². The zero-order valence-corrected chi connectivity index (χ0v) is 15.3. The van der Waals surface area contributed by atoms with Crippen LogP contribution in [0.3, 0.4) is 0 Å². The first-order chi connectivity index (χ1) is 12.4. The van der Waals surface area contributed by atoms with Gasteiger partial charge in [-0.2, -0.15) is 0 Å². The topological polar surface area (TPSA) is 79.7 Å². The van der Waals surface area contributed by atoms with Crippen LogP contribution in [0.25, 0.3) is 0 Å². The van der Waals surface area contributed by atoms with E-state index in [1.54, 1.807) is 20.1 Å². The van der Waals surface area contributed by atoms with Crippen molar-refractivity contribution in [3.63, 3.8) is 0 Å². The number of aromatic nitrogens is 2. The molecule has 0 saturated carbocycles. The lowest BCUT2D eigenvalue weighted by atomic mass is 10.0. The van der Waals surface area contributed by atoms with Crippen LogP contribution in [-0.2, 0) is 19.4 Å². The van der Waals surface area contributed by atoms with Crippen molar-refractivity contribution < 1.29 is 14.7 Å². The van der Waals surface area contributed by atoms with Crippen molar-refractivity contribution in [3.8, 4) is 5.75 Å². The Kier molecular flexibility index (Phi) is 5.25. The molecule has 3 N–H and O–H groups in total. The molecule has 0 fully saturated rings. The van der Waals surface area contributed by atoms with E-state index in [1.165, 1.54) is 0 Å². The van der Waals surface area contributed by atoms with Crippen LogP contribution in [0.1, 0.15) is 29.6 Å². The summed E-state index contributed by atoms with van der Waals surface area (Å²) in [4.78, 5) is 21.3. The fourth-order valence-electron chi connectivity index (χ4n) is 3.37. The normalized spacial score (nSPS) is 18.7. The number of nitrogens with zero attached hydrogens (tertiary/aromatic N) is 1. The Morgan fingerprint density at radius 2 is 2.15 bits per heavy atom. The minimum Gasteiger partial charge on any atom is -0.497 e. The van der Waals surface area contributed by atoms with Gasteiger partial charge >= 0.3 is 0 Å². The summed E-state index contributed by atoms with van der Waals surface area (Å²) in [6, 6.07) is 7.75. The van der Waals surface area contributed by atoms with Crippen molar-refractivity contribution in [2.24, 2.45) is 0 Å². The number of hydrogen-bond donors (Lipinski definition) is 3. The molecule has 0 amide bonds. The lowest BCUT2D eigenvalue weighted by Gasteiger charge is -2.29. The van der Waals surface area contributed by atoms with E-state index in [1.807, 2.05) is 24.3 Å². The molecule has 138 valence electrons. The molecule has 6 nitrogen and oxygen atoms in total. The third-order valence-electron chi connectivity index (χ3n) is 4.87. The van der Waals surface area contributed by atoms with Crippen LogP contribution in [0.2, 0.25) is 0 Å². The molecule has 2 aromatic rings. The number of aliphatic hydroxyl groups is 1. The third kappa shape index (κ3) is 4.20. The molecule has 0 bridgehead atoms. The quantitative estimate of drug-likeness (QED) is 0.648. The number of quaternary nitrogens is 1. The molecule has 1 aromatic carbocycles. The molecular weight excluding hydrogens is 330 g/mol. The molecule has 0 aliphatic carbocycles. The second-order valence-corrected chi connectivity index (χ2v) is 7.13. The molecule has 26 heavy (non-hydrogen) atoms. The first-order valence-corrected chi connectivity index (χ1v) is 8.83. The lowest BCUT2D eigenvalue weighted by Crippen LogP contribution is -3.13. The van der Waals surface area contributed by atoms with Crippen molar-refractivity contribution in [1.29, 1.82) is 0 Å². The van der Waals surface area contributed by atoms with E-state index in [4.69, 9.17) is 4.74 Å². The van der Waals surface area contributed by atoms with E-state index in [0.29, 0.717) is 25.3 Å². The molecule has 1 aromatic heterocycles. The number of ether oxygens (including phenoxy) is 1. The molecule has 2 atom stereocenters. The molecule has 0 radical (unpaired) electrons. The van der Waals surface area contributed by atoms with Gasteiger partial charge in [-0.15, -0.1) is 6.58 Å². The molecule has 1 unspecified atom stereocenters. The number of fused-ring (bicyclic) bond motifs is 1. The number of benzene rings is 1. The van der Waals surface area contributed by atoms with Gasteiger partial charge in [0.1, 0.15) is 30.3 Å². The van der Waals surface area contributed by atoms with Crippen LogP contribution in [0.5, 0.6) is 5.75 Å². The van der Waals surface area contributed by atoms with Crippen LogP contribution in [0, 0.1) is 0 Å². The average Bonchev–Trinajstić information content (AvgIpc) is 2.63. The van der Waals surface area contributed by atoms with E-state index < -0.39 is 5.60 Å². The van der Waals surface area contributed by atoms with Crippen molar-refractivity contribution >= 4 is 0 Å². The standard InChI is InChI=1S/C20H25N3O3/c1-4-20(2,25)13-23-10-9-17-16(12-23)19(24)22-18(21-17)11-14-5-7-15(26-3)8-6-14/h4-8,25H,1,9-13H2,2-3H3,(H,21,22,24)/p+1/t20-/m0/s1. The second kappa shape index (κ2) is 7.43. The molecule has 6 heteroatoms. The second-order valence-electron chi connectivity index (χ2n) is 7.13. The Bertz CT molecular complexity index is 840. The predicted molar refractivity (Wildman–Crippen MR) is 99.6 cm³/mol. The zero-order chi connectivity index (χ0) is 18.7. The Labute approximate surface area is 153 Å². The number of hydrogen-bond acceptors (Lipinski definition) is 4. The van der Waals surface area contributed by atoms with Crippen LogP contribution in [-0.4, -0.2) is 40.9 Å². The molecular formula is C20H26N3O3+. The molecule has 0 saturated heterocycles. The highest BCUT2D eigenvalue weighted by atomic mass is 16.5. The highest BCUT2D eigenvalue weighted by Crippen LogP contribution is 2.14. The maximum atomic E-state index is 12.5. The molecule has 1 aliphatic rings. The van der Waals surface area contributed by atoms with Gasteiger partial charge in [0.2, 0.25) is 0 Å². The summed E-state index contributed by atoms with van der Waals surface area (Å²) in [5.74, 6) is 1.49. The van der Waals surface area contributed by atoms with Crippen molar-refractivity contribution in [2.45, 2.75) is 31.9 Å². The first kappa shape index (κ1) is 18.4. The van der Waals surface area contributed by atoms with Crippen molar-refractivity contribution in [2.75, 3.05) is 20.2 Å². The highest BCUT2D eigenvalue weighted by Gasteiger charge is 2.29. The van der Waals surface area contributed by atoms with Gasteiger partial charge < -0.3 is 19.7 Å². The van der Waals surface area contributed by atoms with E-state index in [-0.39, 0.29) is 5.56 Å². The smallest absolute Gasteiger partial charge is 0.260 e. The van der Waals surface area contributed by atoms with Crippen LogP contribution >= 0.6 is 0 Å². The number of rotatable bonds is 6. The average molecular weight is 356 g/mol. The van der Waals surface area contributed by atoms with Gasteiger partial charge in [-0.3, -0.25) is 4.79 Å². The molecule has 1 aliphatic heterocycles. The number of aromatic amines is 1. The molecule has 2 heterocycles. The fourth-order valence-corrected chi connectivity index (χ4v) is 3.37. The monoisotopic (exact) mass is 356 g/mol. The van der Waals surface area contributed by atoms with Gasteiger partial charge in [0, 0.05) is 12.8 Å². The summed E-state index contributed by atoms with van der Waals surface area (Å²) in [6.07, 6.45) is 2.86. The van der Waals surface area contributed by atoms with Crippen LogP contribution in [0.15, 0.2) is 41.7 Å². The Balaban J connectivity index is 1.76. The summed E-state index contributed by atoms with van der Waals surface area (Å²) in [7, 11) is 1.64. The van der Waals surface area contributed by atoms with Gasteiger partial charge in [0.05, 0.1) is 24.9 Å². The minimum atomic E-state index is -0.929. The van der Waals surface area contributed by atoms with E-state index in [0.717, 1.165) is 40.4 Å². The van der Waals surface area contributed by atoms with Gasteiger partial charge in [-0.1, -0.05) is 18.2 Å². The van der Waals surface area contributed by atoms with Gasteiger partial charge in [0.25, 0.3) is 5.56 Å². The maximum absolute atomic E-state index is 12.5. The summed E-state index contributed by atoms with van der Waals surface area (Å²) < 4.78 is 5.17. The number of methoxy groups -OCH3 is 1. The highest BCUT2D eigenvalue weighted by molar-refractivity contribution is 5.29. The Morgan fingerprint density at radius 3 is 2.81 bits per heavy atom. The van der Waals surface area contributed by atoms with Crippen LogP contribution in [0.4, 0.5) is 0 Å². The lowest BCUT2D eigenvalue weighted by molar-refractivity contribution is -0.921. The first-order valence-electron chi connectivity index (χ1n) is 8.83. The molecule has 0 spiro atoms. The Morgan fingerprint density at radius 1 is 1.42 bits per heavy atom. The largest absolute Gasteiger partial charge is 0.497 e. The van der Waals surface area contributed by atoms with E-state index in [2.05, 4.69) is 16.5 Å². The molecule has 3 rings (SSSR count). The fraction of sp³-hybridized carbons (Fsp3) is 0.400. The van der Waals surface area contributed by atoms with Crippen molar-refractivity contribution in [3.05, 3.63) is 69.9 Å². The summed E-state index contributed by atoms with van der Waals surface area (Å²) in [5, 5.41) is 10.2.